The number of carbonyl (C=O) groups is 1. The number of aryl methyl sites for hydroxylation is 1. The third-order valence-corrected chi connectivity index (χ3v) is 5.76. The molecule has 1 aliphatic heterocycles. The Bertz CT molecular complexity index is 955. The standard InChI is InChI=1S/C24H28N4O/c1-19-13-14-26-28(19)23-11-9-20(10-12-23)24(29)25-17-21-7-3-4-8-22(21)18-27-15-5-2-6-16-27/h3-4,7-14H,2,5-6,15-18H2,1H3,(H,25,29)/p+1. The lowest BCUT2D eigenvalue weighted by Gasteiger charge is -2.24. The summed E-state index contributed by atoms with van der Waals surface area (Å²) in [6, 6.07) is 18.0. The van der Waals surface area contributed by atoms with Crippen LogP contribution < -0.4 is 10.2 Å². The minimum atomic E-state index is -0.0474. The van der Waals surface area contributed by atoms with Crippen LogP contribution in [0.2, 0.25) is 0 Å². The van der Waals surface area contributed by atoms with Gasteiger partial charge < -0.3 is 10.2 Å². The Hall–Kier alpha value is -2.92. The van der Waals surface area contributed by atoms with Gasteiger partial charge in [0.25, 0.3) is 5.91 Å². The van der Waals surface area contributed by atoms with Gasteiger partial charge in [-0.05, 0) is 62.1 Å². The van der Waals surface area contributed by atoms with Crippen LogP contribution in [0.5, 0.6) is 0 Å². The van der Waals surface area contributed by atoms with Crippen molar-refractivity contribution in [2.45, 2.75) is 39.3 Å². The fourth-order valence-corrected chi connectivity index (χ4v) is 4.07. The zero-order valence-corrected chi connectivity index (χ0v) is 17.0. The first-order valence-electron chi connectivity index (χ1n) is 10.5. The van der Waals surface area contributed by atoms with E-state index in [1.165, 1.54) is 43.5 Å². The van der Waals surface area contributed by atoms with Gasteiger partial charge in [-0.15, -0.1) is 0 Å². The van der Waals surface area contributed by atoms with Crippen LogP contribution in [0.3, 0.4) is 0 Å². The van der Waals surface area contributed by atoms with E-state index in [4.69, 9.17) is 0 Å². The molecule has 0 spiro atoms. The van der Waals surface area contributed by atoms with E-state index < -0.39 is 0 Å². The molecule has 3 aromatic rings. The van der Waals surface area contributed by atoms with E-state index in [2.05, 4.69) is 34.7 Å². The Kier molecular flexibility index (Phi) is 6.06. The zero-order valence-electron chi connectivity index (χ0n) is 17.0. The summed E-state index contributed by atoms with van der Waals surface area (Å²) < 4.78 is 1.86. The number of rotatable bonds is 6. The number of nitrogens with zero attached hydrogens (tertiary/aromatic N) is 2. The molecule has 5 heteroatoms. The number of hydrogen-bond donors (Lipinski definition) is 2. The molecule has 0 unspecified atom stereocenters. The average molecular weight is 390 g/mol. The lowest BCUT2D eigenvalue weighted by Crippen LogP contribution is -3.11. The number of carbonyl (C=O) groups excluding carboxylic acids is 1. The number of quaternary nitrogens is 1. The SMILES string of the molecule is Cc1ccnn1-c1ccc(C(=O)NCc2ccccc2C[NH+]2CCCCC2)cc1. The lowest BCUT2D eigenvalue weighted by atomic mass is 10.0. The smallest absolute Gasteiger partial charge is 0.251 e. The number of benzene rings is 2. The van der Waals surface area contributed by atoms with Crippen LogP contribution in [0.15, 0.2) is 60.8 Å². The van der Waals surface area contributed by atoms with Crippen molar-refractivity contribution >= 4 is 5.91 Å². The molecule has 1 amide bonds. The van der Waals surface area contributed by atoms with E-state index in [0.717, 1.165) is 17.9 Å². The predicted octanol–water partition coefficient (Wildman–Crippen LogP) is 2.68. The maximum atomic E-state index is 12.6. The molecule has 0 radical (unpaired) electrons. The van der Waals surface area contributed by atoms with E-state index in [1.807, 2.05) is 41.9 Å². The van der Waals surface area contributed by atoms with E-state index in [-0.39, 0.29) is 5.91 Å². The minimum Gasteiger partial charge on any atom is -0.348 e. The van der Waals surface area contributed by atoms with Crippen LogP contribution in [0.1, 0.15) is 46.4 Å². The summed E-state index contributed by atoms with van der Waals surface area (Å²) in [5.74, 6) is -0.0474. The Balaban J connectivity index is 1.39. The first-order chi connectivity index (χ1) is 14.2. The first kappa shape index (κ1) is 19.4. The Labute approximate surface area is 172 Å². The number of hydrogen-bond acceptors (Lipinski definition) is 2. The summed E-state index contributed by atoms with van der Waals surface area (Å²) in [4.78, 5) is 14.3. The zero-order chi connectivity index (χ0) is 20.1. The maximum absolute atomic E-state index is 12.6. The number of aromatic nitrogens is 2. The van der Waals surface area contributed by atoms with Crippen molar-refractivity contribution in [3.05, 3.63) is 83.2 Å². The molecule has 29 heavy (non-hydrogen) atoms. The Morgan fingerprint density at radius 2 is 1.72 bits per heavy atom. The van der Waals surface area contributed by atoms with Gasteiger partial charge in [0.05, 0.1) is 18.8 Å². The number of nitrogens with one attached hydrogen (secondary N) is 2. The molecular formula is C24H29N4O+. The van der Waals surface area contributed by atoms with Crippen LogP contribution in [0.4, 0.5) is 0 Å². The number of likely N-dealkylation sites (tertiary alicyclic amines) is 1. The first-order valence-corrected chi connectivity index (χ1v) is 10.5. The highest BCUT2D eigenvalue weighted by molar-refractivity contribution is 5.94. The summed E-state index contributed by atoms with van der Waals surface area (Å²) in [5, 5.41) is 7.40. The third kappa shape index (κ3) is 4.74. The molecule has 1 aromatic heterocycles. The molecule has 5 nitrogen and oxygen atoms in total. The molecule has 1 saturated heterocycles. The molecule has 0 saturated carbocycles. The molecule has 1 aliphatic rings. The van der Waals surface area contributed by atoms with Crippen LogP contribution in [0, 0.1) is 6.92 Å². The fourth-order valence-electron chi connectivity index (χ4n) is 4.07. The summed E-state index contributed by atoms with van der Waals surface area (Å²) >= 11 is 0. The van der Waals surface area contributed by atoms with Crippen LogP contribution in [-0.4, -0.2) is 28.8 Å². The molecule has 150 valence electrons. The molecule has 2 N–H and O–H groups in total. The molecule has 0 bridgehead atoms. The summed E-state index contributed by atoms with van der Waals surface area (Å²) in [7, 11) is 0. The predicted molar refractivity (Wildman–Crippen MR) is 114 cm³/mol. The molecule has 0 aliphatic carbocycles. The van der Waals surface area contributed by atoms with E-state index >= 15 is 0 Å². The summed E-state index contributed by atoms with van der Waals surface area (Å²) in [5.41, 5.74) is 5.24. The normalized spacial score (nSPS) is 14.7. The number of amides is 1. The van der Waals surface area contributed by atoms with Gasteiger partial charge in [-0.25, -0.2) is 4.68 Å². The van der Waals surface area contributed by atoms with Gasteiger partial charge in [-0.2, -0.15) is 5.10 Å². The molecule has 0 atom stereocenters. The second-order valence-electron chi connectivity index (χ2n) is 7.87. The van der Waals surface area contributed by atoms with E-state index in [9.17, 15) is 4.79 Å². The van der Waals surface area contributed by atoms with Crippen molar-refractivity contribution in [2.75, 3.05) is 13.1 Å². The van der Waals surface area contributed by atoms with Crippen molar-refractivity contribution in [1.82, 2.24) is 15.1 Å². The monoisotopic (exact) mass is 389 g/mol. The van der Waals surface area contributed by atoms with Gasteiger partial charge in [0.15, 0.2) is 0 Å². The third-order valence-electron chi connectivity index (χ3n) is 5.76. The van der Waals surface area contributed by atoms with Crippen molar-refractivity contribution in [1.29, 1.82) is 0 Å². The second-order valence-corrected chi connectivity index (χ2v) is 7.87. The average Bonchev–Trinajstić information content (AvgIpc) is 3.19. The Morgan fingerprint density at radius 1 is 1.00 bits per heavy atom. The van der Waals surface area contributed by atoms with E-state index in [1.54, 1.807) is 11.1 Å². The Morgan fingerprint density at radius 3 is 2.41 bits per heavy atom. The summed E-state index contributed by atoms with van der Waals surface area (Å²) in [6.07, 6.45) is 5.78. The second kappa shape index (κ2) is 9.05. The topological polar surface area (TPSA) is 51.4 Å². The molecule has 1 fully saturated rings. The minimum absolute atomic E-state index is 0.0474. The fraction of sp³-hybridized carbons (Fsp3) is 0.333. The maximum Gasteiger partial charge on any atom is 0.251 e. The lowest BCUT2D eigenvalue weighted by molar-refractivity contribution is -0.918. The van der Waals surface area contributed by atoms with Crippen molar-refractivity contribution < 1.29 is 9.69 Å². The van der Waals surface area contributed by atoms with Crippen molar-refractivity contribution in [3.8, 4) is 5.69 Å². The van der Waals surface area contributed by atoms with Gasteiger partial charge in [0.1, 0.15) is 6.54 Å². The highest BCUT2D eigenvalue weighted by atomic mass is 16.1. The molecule has 2 heterocycles. The van der Waals surface area contributed by atoms with Crippen LogP contribution in [-0.2, 0) is 13.1 Å². The molecule has 4 rings (SSSR count). The van der Waals surface area contributed by atoms with E-state index in [0.29, 0.717) is 12.1 Å². The van der Waals surface area contributed by atoms with Gasteiger partial charge >= 0.3 is 0 Å². The van der Waals surface area contributed by atoms with Gasteiger partial charge in [-0.1, -0.05) is 24.3 Å². The summed E-state index contributed by atoms with van der Waals surface area (Å²) in [6.45, 7) is 6.12. The van der Waals surface area contributed by atoms with Crippen LogP contribution >= 0.6 is 0 Å². The molecular weight excluding hydrogens is 360 g/mol. The van der Waals surface area contributed by atoms with Crippen LogP contribution in [0.25, 0.3) is 5.69 Å². The number of piperidine rings is 1. The van der Waals surface area contributed by atoms with Crippen molar-refractivity contribution in [3.63, 3.8) is 0 Å². The van der Waals surface area contributed by atoms with Gasteiger partial charge in [-0.3, -0.25) is 4.79 Å². The molecule has 2 aromatic carbocycles. The highest BCUT2D eigenvalue weighted by Gasteiger charge is 2.16. The highest BCUT2D eigenvalue weighted by Crippen LogP contribution is 2.12. The van der Waals surface area contributed by atoms with Gasteiger partial charge in [0.2, 0.25) is 0 Å². The van der Waals surface area contributed by atoms with Crippen molar-refractivity contribution in [2.24, 2.45) is 0 Å². The largest absolute Gasteiger partial charge is 0.348 e. The quantitative estimate of drug-likeness (QED) is 0.681. The van der Waals surface area contributed by atoms with Gasteiger partial charge in [0, 0.05) is 29.6 Å².